The smallest absolute Gasteiger partial charge is 0.253 e. The summed E-state index contributed by atoms with van der Waals surface area (Å²) in [7, 11) is 5.55. The van der Waals surface area contributed by atoms with Gasteiger partial charge in [0.05, 0.1) is 5.52 Å². The lowest BCUT2D eigenvalue weighted by Crippen LogP contribution is -2.25. The van der Waals surface area contributed by atoms with Gasteiger partial charge in [-0.15, -0.1) is 11.3 Å². The van der Waals surface area contributed by atoms with Crippen molar-refractivity contribution in [2.24, 2.45) is 7.05 Å². The lowest BCUT2D eigenvalue weighted by molar-refractivity contribution is 0.0823. The molecule has 26 heavy (non-hydrogen) atoms. The summed E-state index contributed by atoms with van der Waals surface area (Å²) in [6, 6.07) is 4.10. The first-order valence-electron chi connectivity index (χ1n) is 8.79. The molecule has 0 bridgehead atoms. The molecule has 1 amide bonds. The monoisotopic (exact) mass is 369 g/mol. The van der Waals surface area contributed by atoms with Gasteiger partial charge in [-0.25, -0.2) is 4.98 Å². The fourth-order valence-corrected chi connectivity index (χ4v) is 4.62. The highest BCUT2D eigenvalue weighted by molar-refractivity contribution is 7.10. The average molecular weight is 369 g/mol. The zero-order valence-corrected chi connectivity index (χ0v) is 16.6. The van der Waals surface area contributed by atoms with Gasteiger partial charge in [0, 0.05) is 37.1 Å². The number of benzene rings is 1. The summed E-state index contributed by atoms with van der Waals surface area (Å²) in [5, 5.41) is 2.11. The second-order valence-electron chi connectivity index (χ2n) is 7.13. The van der Waals surface area contributed by atoms with Gasteiger partial charge in [-0.05, 0) is 49.8 Å². The summed E-state index contributed by atoms with van der Waals surface area (Å²) in [5.41, 5.74) is 4.77. The van der Waals surface area contributed by atoms with Crippen LogP contribution in [0.3, 0.4) is 0 Å². The van der Waals surface area contributed by atoms with Gasteiger partial charge in [-0.2, -0.15) is 0 Å². The van der Waals surface area contributed by atoms with E-state index in [-0.39, 0.29) is 12.0 Å². The van der Waals surface area contributed by atoms with Gasteiger partial charge in [0.1, 0.15) is 17.4 Å². The maximum atomic E-state index is 12.8. The Kier molecular flexibility index (Phi) is 4.03. The van der Waals surface area contributed by atoms with Crippen LogP contribution in [-0.2, 0) is 13.5 Å². The number of hydrogen-bond donors (Lipinski definition) is 0. The van der Waals surface area contributed by atoms with E-state index in [4.69, 9.17) is 9.72 Å². The van der Waals surface area contributed by atoms with Crippen molar-refractivity contribution in [3.05, 3.63) is 44.9 Å². The highest BCUT2D eigenvalue weighted by Gasteiger charge is 2.31. The average Bonchev–Trinajstić information content (AvgIpc) is 3.17. The first-order valence-corrected chi connectivity index (χ1v) is 9.67. The van der Waals surface area contributed by atoms with E-state index >= 15 is 0 Å². The molecule has 4 rings (SSSR count). The number of fused-ring (bicyclic) bond motifs is 3. The zero-order valence-electron chi connectivity index (χ0n) is 15.8. The number of amides is 1. The highest BCUT2D eigenvalue weighted by Crippen LogP contribution is 2.43. The Hall–Kier alpha value is -2.34. The third-order valence-electron chi connectivity index (χ3n) is 5.21. The molecule has 0 N–H and O–H groups in total. The topological polar surface area (TPSA) is 47.4 Å². The summed E-state index contributed by atoms with van der Waals surface area (Å²) in [6.07, 6.45) is 1.72. The summed E-state index contributed by atoms with van der Waals surface area (Å²) < 4.78 is 8.49. The molecule has 0 spiro atoms. The Morgan fingerprint density at radius 2 is 2.15 bits per heavy atom. The molecule has 6 heteroatoms. The molecule has 0 radical (unpaired) electrons. The number of aryl methyl sites for hydroxylation is 3. The standard InChI is InChI=1S/C20H23N3O2S/c1-11-8-9-26-19(11)16-7-6-13-14(20(24)22(3)4)10-15-17(18(13)25-16)21-12(2)23(15)5/h8-10,16H,6-7H2,1-5H3/t16-/m0/s1. The molecule has 1 aliphatic rings. The minimum atomic E-state index is 0.0105. The SMILES string of the molecule is Cc1ccsc1[C@@H]1CCc2c(C(=O)N(C)C)cc3c(nc(C)n3C)c2O1. The number of rotatable bonds is 2. The quantitative estimate of drug-likeness (QED) is 0.685. The Balaban J connectivity index is 1.92. The molecule has 0 saturated heterocycles. The second-order valence-corrected chi connectivity index (χ2v) is 8.08. The van der Waals surface area contributed by atoms with Gasteiger partial charge in [0.2, 0.25) is 0 Å². The molecule has 0 aliphatic carbocycles. The van der Waals surface area contributed by atoms with Crippen LogP contribution in [0.2, 0.25) is 0 Å². The van der Waals surface area contributed by atoms with E-state index in [0.717, 1.165) is 46.6 Å². The zero-order chi connectivity index (χ0) is 18.6. The van der Waals surface area contributed by atoms with Crippen molar-refractivity contribution < 1.29 is 9.53 Å². The number of thiophene rings is 1. The summed E-state index contributed by atoms with van der Waals surface area (Å²) in [6.45, 7) is 4.10. The van der Waals surface area contributed by atoms with E-state index in [0.29, 0.717) is 0 Å². The fourth-order valence-electron chi connectivity index (χ4n) is 3.63. The van der Waals surface area contributed by atoms with Crippen molar-refractivity contribution >= 4 is 28.3 Å². The number of carbonyl (C=O) groups excluding carboxylic acids is 1. The molecule has 0 saturated carbocycles. The molecule has 1 aromatic carbocycles. The Morgan fingerprint density at radius 3 is 2.81 bits per heavy atom. The van der Waals surface area contributed by atoms with Gasteiger partial charge in [-0.1, -0.05) is 0 Å². The molecule has 1 aliphatic heterocycles. The molecular formula is C20H23N3O2S. The molecule has 5 nitrogen and oxygen atoms in total. The predicted molar refractivity (Wildman–Crippen MR) is 104 cm³/mol. The number of hydrogen-bond acceptors (Lipinski definition) is 4. The van der Waals surface area contributed by atoms with Crippen LogP contribution < -0.4 is 4.74 Å². The molecule has 0 fully saturated rings. The van der Waals surface area contributed by atoms with E-state index < -0.39 is 0 Å². The molecule has 3 heterocycles. The van der Waals surface area contributed by atoms with Gasteiger partial charge < -0.3 is 14.2 Å². The number of imidazole rings is 1. The maximum absolute atomic E-state index is 12.8. The van der Waals surface area contributed by atoms with Crippen LogP contribution in [0.1, 0.15) is 44.7 Å². The molecule has 0 unspecified atom stereocenters. The van der Waals surface area contributed by atoms with Crippen molar-refractivity contribution in [2.75, 3.05) is 14.1 Å². The van der Waals surface area contributed by atoms with E-state index in [9.17, 15) is 4.79 Å². The predicted octanol–water partition coefficient (Wildman–Crippen LogP) is 4.02. The lowest BCUT2D eigenvalue weighted by Gasteiger charge is -2.28. The number of aromatic nitrogens is 2. The van der Waals surface area contributed by atoms with Crippen LogP contribution in [0, 0.1) is 13.8 Å². The van der Waals surface area contributed by atoms with Crippen LogP contribution in [0.15, 0.2) is 17.5 Å². The van der Waals surface area contributed by atoms with Crippen LogP contribution in [0.4, 0.5) is 0 Å². The largest absolute Gasteiger partial charge is 0.482 e. The second kappa shape index (κ2) is 6.13. The van der Waals surface area contributed by atoms with E-state index in [2.05, 4.69) is 18.4 Å². The minimum absolute atomic E-state index is 0.0105. The van der Waals surface area contributed by atoms with Crippen LogP contribution in [0.5, 0.6) is 5.75 Å². The number of nitrogens with zero attached hydrogens (tertiary/aromatic N) is 3. The van der Waals surface area contributed by atoms with Crippen LogP contribution in [0.25, 0.3) is 11.0 Å². The first-order chi connectivity index (χ1) is 12.4. The normalized spacial score (nSPS) is 16.4. The van der Waals surface area contributed by atoms with Gasteiger partial charge in [0.25, 0.3) is 5.91 Å². The molecular weight excluding hydrogens is 346 g/mol. The maximum Gasteiger partial charge on any atom is 0.253 e. The van der Waals surface area contributed by atoms with Crippen molar-refractivity contribution in [1.82, 2.24) is 14.5 Å². The molecule has 136 valence electrons. The lowest BCUT2D eigenvalue weighted by atomic mass is 9.94. The van der Waals surface area contributed by atoms with E-state index in [1.54, 1.807) is 30.3 Å². The Morgan fingerprint density at radius 1 is 1.38 bits per heavy atom. The highest BCUT2D eigenvalue weighted by atomic mass is 32.1. The third kappa shape index (κ3) is 2.51. The van der Waals surface area contributed by atoms with Gasteiger partial charge in [0.15, 0.2) is 5.75 Å². The molecule has 1 atom stereocenters. The first kappa shape index (κ1) is 17.1. The minimum Gasteiger partial charge on any atom is -0.482 e. The van der Waals surface area contributed by atoms with Crippen molar-refractivity contribution in [1.29, 1.82) is 0 Å². The van der Waals surface area contributed by atoms with Crippen LogP contribution >= 0.6 is 11.3 Å². The number of ether oxygens (including phenoxy) is 1. The fraction of sp³-hybridized carbons (Fsp3) is 0.400. The van der Waals surface area contributed by atoms with Crippen molar-refractivity contribution in [3.8, 4) is 5.75 Å². The van der Waals surface area contributed by atoms with Crippen molar-refractivity contribution in [2.45, 2.75) is 32.8 Å². The Labute approximate surface area is 157 Å². The van der Waals surface area contributed by atoms with Crippen molar-refractivity contribution in [3.63, 3.8) is 0 Å². The van der Waals surface area contributed by atoms with E-state index in [1.165, 1.54) is 10.4 Å². The van der Waals surface area contributed by atoms with Crippen LogP contribution in [-0.4, -0.2) is 34.5 Å². The summed E-state index contributed by atoms with van der Waals surface area (Å²) >= 11 is 1.73. The molecule has 2 aromatic heterocycles. The molecule has 3 aromatic rings. The van der Waals surface area contributed by atoms with E-state index in [1.807, 2.05) is 24.6 Å². The summed E-state index contributed by atoms with van der Waals surface area (Å²) in [4.78, 5) is 20.4. The van der Waals surface area contributed by atoms with Gasteiger partial charge >= 0.3 is 0 Å². The third-order valence-corrected chi connectivity index (χ3v) is 6.32. The number of carbonyl (C=O) groups is 1. The summed E-state index contributed by atoms with van der Waals surface area (Å²) in [5.74, 6) is 1.70. The Bertz CT molecular complexity index is 1020. The van der Waals surface area contributed by atoms with Gasteiger partial charge in [-0.3, -0.25) is 4.79 Å².